The van der Waals surface area contributed by atoms with E-state index in [1.807, 2.05) is 11.0 Å². The molecule has 1 saturated heterocycles. The molecule has 2 aromatic rings. The van der Waals surface area contributed by atoms with Gasteiger partial charge in [-0.1, -0.05) is 40.7 Å². The number of piperazine rings is 1. The van der Waals surface area contributed by atoms with Crippen LogP contribution in [0.1, 0.15) is 46.1 Å². The number of hydrogen-bond donors (Lipinski definition) is 1. The number of carbonyl (C=O) groups excluding carboxylic acids is 1. The molecular weight excluding hydrogens is 340 g/mol. The molecule has 1 aliphatic heterocycles. The van der Waals surface area contributed by atoms with Crippen molar-refractivity contribution in [3.8, 4) is 0 Å². The Bertz CT molecular complexity index is 783. The number of nitrogens with one attached hydrogen (secondary N) is 1. The van der Waals surface area contributed by atoms with E-state index < -0.39 is 0 Å². The number of fused-ring (bicyclic) bond motifs is 1. The van der Waals surface area contributed by atoms with E-state index in [2.05, 4.69) is 62.0 Å². The van der Waals surface area contributed by atoms with Crippen LogP contribution in [-0.2, 0) is 12.0 Å². The van der Waals surface area contributed by atoms with Crippen LogP contribution in [0.15, 0.2) is 22.6 Å². The zero-order valence-corrected chi connectivity index (χ0v) is 17.2. The fourth-order valence-electron chi connectivity index (χ4n) is 3.21. The van der Waals surface area contributed by atoms with Crippen LogP contribution in [0.25, 0.3) is 11.1 Å². The molecule has 1 fully saturated rings. The van der Waals surface area contributed by atoms with Gasteiger partial charge in [-0.05, 0) is 29.0 Å². The average molecular weight is 373 g/mol. The molecule has 0 atom stereocenters. The summed E-state index contributed by atoms with van der Waals surface area (Å²) in [4.78, 5) is 21.0. The summed E-state index contributed by atoms with van der Waals surface area (Å²) in [5.41, 5.74) is 3.12. The summed E-state index contributed by atoms with van der Waals surface area (Å²) in [6.45, 7) is 15.3. The third kappa shape index (κ3) is 5.01. The number of carbonyl (C=O) groups is 1. The molecule has 0 radical (unpaired) electrons. The Hall–Kier alpha value is -2.08. The minimum atomic E-state index is 0.0416. The largest absolute Gasteiger partial charge is 0.439 e. The van der Waals surface area contributed by atoms with E-state index in [1.54, 1.807) is 0 Å². The van der Waals surface area contributed by atoms with E-state index in [4.69, 9.17) is 4.42 Å². The number of amides is 2. The van der Waals surface area contributed by atoms with Crippen molar-refractivity contribution in [1.29, 1.82) is 0 Å². The van der Waals surface area contributed by atoms with Gasteiger partial charge in [0.25, 0.3) is 0 Å². The highest BCUT2D eigenvalue weighted by atomic mass is 16.3. The van der Waals surface area contributed by atoms with Crippen molar-refractivity contribution in [3.63, 3.8) is 0 Å². The van der Waals surface area contributed by atoms with Gasteiger partial charge >= 0.3 is 6.03 Å². The van der Waals surface area contributed by atoms with Crippen molar-refractivity contribution in [3.05, 3.63) is 29.7 Å². The number of hydrogen-bond acceptors (Lipinski definition) is 4. The zero-order chi connectivity index (χ0) is 19.6. The van der Waals surface area contributed by atoms with Gasteiger partial charge in [0.05, 0.1) is 6.54 Å². The number of nitrogens with zero attached hydrogens (tertiary/aromatic N) is 3. The summed E-state index contributed by atoms with van der Waals surface area (Å²) < 4.78 is 5.93. The first-order valence-electron chi connectivity index (χ1n) is 9.87. The predicted octanol–water partition coefficient (Wildman–Crippen LogP) is 3.61. The molecule has 1 aliphatic rings. The van der Waals surface area contributed by atoms with E-state index >= 15 is 0 Å². The van der Waals surface area contributed by atoms with Gasteiger partial charge in [-0.25, -0.2) is 9.78 Å². The summed E-state index contributed by atoms with van der Waals surface area (Å²) in [5, 5.41) is 2.99. The van der Waals surface area contributed by atoms with Crippen molar-refractivity contribution in [2.45, 2.75) is 46.6 Å². The summed E-state index contributed by atoms with van der Waals surface area (Å²) in [7, 11) is 0. The highest BCUT2D eigenvalue weighted by molar-refractivity contribution is 5.74. The molecule has 2 amide bonds. The Morgan fingerprint density at radius 2 is 1.93 bits per heavy atom. The predicted molar refractivity (Wildman–Crippen MR) is 108 cm³/mol. The van der Waals surface area contributed by atoms with E-state index in [9.17, 15) is 4.79 Å². The third-order valence-electron chi connectivity index (χ3n) is 4.98. The molecule has 1 aromatic carbocycles. The standard InChI is InChI=1S/C21H32N4O2/c1-15(2)13-22-20(26)25-10-8-24(9-11-25)14-19-23-17-12-16(21(3,4)5)6-7-18(17)27-19/h6-7,12,15H,8-11,13-14H2,1-5H3,(H,22,26). The maximum absolute atomic E-state index is 12.2. The van der Waals surface area contributed by atoms with Crippen LogP contribution in [0.4, 0.5) is 4.79 Å². The number of urea groups is 1. The molecule has 6 heteroatoms. The lowest BCUT2D eigenvalue weighted by atomic mass is 9.87. The van der Waals surface area contributed by atoms with Gasteiger partial charge in [0, 0.05) is 32.7 Å². The normalized spacial score (nSPS) is 16.3. The van der Waals surface area contributed by atoms with Crippen LogP contribution < -0.4 is 5.32 Å². The molecule has 0 aliphatic carbocycles. The van der Waals surface area contributed by atoms with Gasteiger partial charge < -0.3 is 14.6 Å². The molecular formula is C21H32N4O2. The number of oxazole rings is 1. The molecule has 27 heavy (non-hydrogen) atoms. The smallest absolute Gasteiger partial charge is 0.317 e. The third-order valence-corrected chi connectivity index (χ3v) is 4.98. The monoisotopic (exact) mass is 372 g/mol. The van der Waals surface area contributed by atoms with Crippen LogP contribution in [-0.4, -0.2) is 53.5 Å². The maximum atomic E-state index is 12.2. The molecule has 148 valence electrons. The summed E-state index contributed by atoms with van der Waals surface area (Å²) in [6, 6.07) is 6.30. The van der Waals surface area contributed by atoms with Gasteiger partial charge in [-0.3, -0.25) is 4.90 Å². The second-order valence-electron chi connectivity index (χ2n) is 8.88. The molecule has 1 aromatic heterocycles. The minimum absolute atomic E-state index is 0.0416. The first-order valence-corrected chi connectivity index (χ1v) is 9.87. The average Bonchev–Trinajstić information content (AvgIpc) is 3.00. The Morgan fingerprint density at radius 3 is 2.56 bits per heavy atom. The second kappa shape index (κ2) is 7.89. The summed E-state index contributed by atoms with van der Waals surface area (Å²) >= 11 is 0. The second-order valence-corrected chi connectivity index (χ2v) is 8.88. The quantitative estimate of drug-likeness (QED) is 0.891. The van der Waals surface area contributed by atoms with Gasteiger partial charge in [-0.2, -0.15) is 0 Å². The molecule has 0 spiro atoms. The van der Waals surface area contributed by atoms with E-state index in [0.717, 1.165) is 49.7 Å². The zero-order valence-electron chi connectivity index (χ0n) is 17.2. The first kappa shape index (κ1) is 19.7. The topological polar surface area (TPSA) is 61.6 Å². The van der Waals surface area contributed by atoms with Crippen LogP contribution in [0.5, 0.6) is 0 Å². The van der Waals surface area contributed by atoms with Crippen molar-refractivity contribution < 1.29 is 9.21 Å². The maximum Gasteiger partial charge on any atom is 0.317 e. The molecule has 1 N–H and O–H groups in total. The lowest BCUT2D eigenvalue weighted by molar-refractivity contribution is 0.129. The number of aromatic nitrogens is 1. The number of benzene rings is 1. The molecule has 0 saturated carbocycles. The van der Waals surface area contributed by atoms with Crippen molar-refractivity contribution in [2.75, 3.05) is 32.7 Å². The minimum Gasteiger partial charge on any atom is -0.439 e. The van der Waals surface area contributed by atoms with Gasteiger partial charge in [-0.15, -0.1) is 0 Å². The Morgan fingerprint density at radius 1 is 1.22 bits per heavy atom. The fraction of sp³-hybridized carbons (Fsp3) is 0.619. The number of rotatable bonds is 4. The fourth-order valence-corrected chi connectivity index (χ4v) is 3.21. The first-order chi connectivity index (χ1) is 12.7. The molecule has 3 rings (SSSR count). The van der Waals surface area contributed by atoms with Gasteiger partial charge in [0.2, 0.25) is 5.89 Å². The van der Waals surface area contributed by atoms with Crippen LogP contribution >= 0.6 is 0 Å². The molecule has 6 nitrogen and oxygen atoms in total. The molecule has 0 unspecified atom stereocenters. The van der Waals surface area contributed by atoms with Gasteiger partial charge in [0.1, 0.15) is 5.52 Å². The van der Waals surface area contributed by atoms with E-state index in [-0.39, 0.29) is 11.4 Å². The van der Waals surface area contributed by atoms with E-state index in [0.29, 0.717) is 12.5 Å². The van der Waals surface area contributed by atoms with Crippen molar-refractivity contribution >= 4 is 17.1 Å². The van der Waals surface area contributed by atoms with Crippen LogP contribution in [0.2, 0.25) is 0 Å². The SMILES string of the molecule is CC(C)CNC(=O)N1CCN(Cc2nc3cc(C(C)(C)C)ccc3o2)CC1. The van der Waals surface area contributed by atoms with Crippen molar-refractivity contribution in [1.82, 2.24) is 20.1 Å². The van der Waals surface area contributed by atoms with Crippen LogP contribution in [0.3, 0.4) is 0 Å². The highest BCUT2D eigenvalue weighted by Crippen LogP contribution is 2.26. The van der Waals surface area contributed by atoms with E-state index in [1.165, 1.54) is 5.56 Å². The Balaban J connectivity index is 1.56. The lowest BCUT2D eigenvalue weighted by Crippen LogP contribution is -2.51. The van der Waals surface area contributed by atoms with Gasteiger partial charge in [0.15, 0.2) is 5.58 Å². The van der Waals surface area contributed by atoms with Crippen LogP contribution in [0, 0.1) is 5.92 Å². The molecule has 0 bridgehead atoms. The Kier molecular flexibility index (Phi) is 5.75. The molecule has 2 heterocycles. The summed E-state index contributed by atoms with van der Waals surface area (Å²) in [5.74, 6) is 1.21. The highest BCUT2D eigenvalue weighted by Gasteiger charge is 2.22. The lowest BCUT2D eigenvalue weighted by Gasteiger charge is -2.34. The van der Waals surface area contributed by atoms with Crippen molar-refractivity contribution in [2.24, 2.45) is 5.92 Å². The summed E-state index contributed by atoms with van der Waals surface area (Å²) in [6.07, 6.45) is 0. The Labute approximate surface area is 161 Å².